The molecule has 1 heterocycles. The van der Waals surface area contributed by atoms with Crippen LogP contribution in [0.1, 0.15) is 30.3 Å². The molecule has 0 atom stereocenters. The highest BCUT2D eigenvalue weighted by molar-refractivity contribution is 7.09. The molecule has 4 heteroatoms. The van der Waals surface area contributed by atoms with E-state index in [1.54, 1.807) is 11.3 Å². The molecule has 0 aromatic carbocycles. The third kappa shape index (κ3) is 5.05. The molecular weight excluding hydrogens is 218 g/mol. The lowest BCUT2D eigenvalue weighted by Crippen LogP contribution is -2.29. The van der Waals surface area contributed by atoms with Gasteiger partial charge in [-0.15, -0.1) is 11.3 Å². The van der Waals surface area contributed by atoms with Gasteiger partial charge in [-0.3, -0.25) is 4.90 Å². The van der Waals surface area contributed by atoms with Crippen LogP contribution in [0.5, 0.6) is 0 Å². The number of likely N-dealkylation sites (N-methyl/N-ethyl adjacent to an activating group) is 1. The molecule has 0 aliphatic heterocycles. The largest absolute Gasteiger partial charge is 0.315 e. The summed E-state index contributed by atoms with van der Waals surface area (Å²) in [6.45, 7) is 8.64. The van der Waals surface area contributed by atoms with Crippen molar-refractivity contribution in [2.75, 3.05) is 26.7 Å². The standard InChI is InChI=1S/C12H23N3S/c1-4-5-6-13-7-8-15(3)9-12-11(2)14-10-16-12/h10,13H,4-9H2,1-3H3. The van der Waals surface area contributed by atoms with E-state index in [4.69, 9.17) is 0 Å². The van der Waals surface area contributed by atoms with Crippen molar-refractivity contribution in [2.45, 2.75) is 33.2 Å². The van der Waals surface area contributed by atoms with Gasteiger partial charge in [0.2, 0.25) is 0 Å². The number of hydrogen-bond donors (Lipinski definition) is 1. The van der Waals surface area contributed by atoms with E-state index in [1.807, 2.05) is 5.51 Å². The second kappa shape index (κ2) is 7.76. The Balaban J connectivity index is 2.11. The molecule has 16 heavy (non-hydrogen) atoms. The fourth-order valence-corrected chi connectivity index (χ4v) is 2.36. The molecule has 1 N–H and O–H groups in total. The number of unbranched alkanes of at least 4 members (excludes halogenated alkanes) is 1. The van der Waals surface area contributed by atoms with Crippen molar-refractivity contribution in [3.63, 3.8) is 0 Å². The van der Waals surface area contributed by atoms with Crippen molar-refractivity contribution < 1.29 is 0 Å². The van der Waals surface area contributed by atoms with Crippen molar-refractivity contribution in [1.82, 2.24) is 15.2 Å². The van der Waals surface area contributed by atoms with Crippen molar-refractivity contribution >= 4 is 11.3 Å². The maximum atomic E-state index is 4.27. The highest BCUT2D eigenvalue weighted by Crippen LogP contribution is 2.13. The normalized spacial score (nSPS) is 11.2. The summed E-state index contributed by atoms with van der Waals surface area (Å²) in [5.41, 5.74) is 3.11. The second-order valence-corrected chi connectivity index (χ2v) is 5.14. The van der Waals surface area contributed by atoms with E-state index in [0.29, 0.717) is 0 Å². The molecule has 0 aliphatic carbocycles. The highest BCUT2D eigenvalue weighted by atomic mass is 32.1. The molecule has 0 fully saturated rings. The molecule has 92 valence electrons. The van der Waals surface area contributed by atoms with Crippen LogP contribution in [0.25, 0.3) is 0 Å². The fraction of sp³-hybridized carbons (Fsp3) is 0.750. The van der Waals surface area contributed by atoms with E-state index in [2.05, 4.69) is 36.1 Å². The Bertz CT molecular complexity index is 286. The first-order valence-corrected chi connectivity index (χ1v) is 6.90. The number of thiazole rings is 1. The lowest BCUT2D eigenvalue weighted by molar-refractivity contribution is 0.326. The van der Waals surface area contributed by atoms with E-state index in [-0.39, 0.29) is 0 Å². The maximum absolute atomic E-state index is 4.27. The van der Waals surface area contributed by atoms with Crippen LogP contribution in [0, 0.1) is 6.92 Å². The zero-order chi connectivity index (χ0) is 11.8. The smallest absolute Gasteiger partial charge is 0.0798 e. The second-order valence-electron chi connectivity index (χ2n) is 4.20. The van der Waals surface area contributed by atoms with Crippen molar-refractivity contribution in [3.05, 3.63) is 16.1 Å². The third-order valence-corrected chi connectivity index (χ3v) is 3.56. The molecule has 0 saturated heterocycles. The number of nitrogens with one attached hydrogen (secondary N) is 1. The van der Waals surface area contributed by atoms with Gasteiger partial charge >= 0.3 is 0 Å². The highest BCUT2D eigenvalue weighted by Gasteiger charge is 2.04. The van der Waals surface area contributed by atoms with Crippen LogP contribution in [-0.4, -0.2) is 36.6 Å². The van der Waals surface area contributed by atoms with Crippen molar-refractivity contribution in [1.29, 1.82) is 0 Å². The van der Waals surface area contributed by atoms with Crippen LogP contribution in [-0.2, 0) is 6.54 Å². The number of aromatic nitrogens is 1. The number of rotatable bonds is 8. The van der Waals surface area contributed by atoms with Crippen molar-refractivity contribution in [3.8, 4) is 0 Å². The molecule has 3 nitrogen and oxygen atoms in total. The van der Waals surface area contributed by atoms with Crippen LogP contribution in [0.4, 0.5) is 0 Å². The van der Waals surface area contributed by atoms with Gasteiger partial charge < -0.3 is 5.32 Å². The zero-order valence-electron chi connectivity index (χ0n) is 10.6. The van der Waals surface area contributed by atoms with Crippen molar-refractivity contribution in [2.24, 2.45) is 0 Å². The van der Waals surface area contributed by atoms with Crippen LogP contribution >= 0.6 is 11.3 Å². The Hall–Kier alpha value is -0.450. The minimum absolute atomic E-state index is 1.02. The molecule has 1 aromatic rings. The monoisotopic (exact) mass is 241 g/mol. The number of hydrogen-bond acceptors (Lipinski definition) is 4. The summed E-state index contributed by atoms with van der Waals surface area (Å²) in [6.07, 6.45) is 2.54. The van der Waals surface area contributed by atoms with E-state index < -0.39 is 0 Å². The van der Waals surface area contributed by atoms with Gasteiger partial charge in [0.25, 0.3) is 0 Å². The summed E-state index contributed by atoms with van der Waals surface area (Å²) in [5, 5.41) is 3.46. The molecule has 0 spiro atoms. The van der Waals surface area contributed by atoms with Gasteiger partial charge in [0.05, 0.1) is 11.2 Å². The molecule has 0 amide bonds. The molecule has 1 aromatic heterocycles. The predicted molar refractivity (Wildman–Crippen MR) is 71.0 cm³/mol. The van der Waals surface area contributed by atoms with E-state index in [1.165, 1.54) is 23.4 Å². The third-order valence-electron chi connectivity index (χ3n) is 2.64. The molecule has 0 aliphatic rings. The van der Waals surface area contributed by atoms with E-state index >= 15 is 0 Å². The van der Waals surface area contributed by atoms with Crippen LogP contribution < -0.4 is 5.32 Å². The molecule has 0 radical (unpaired) electrons. The van der Waals surface area contributed by atoms with Gasteiger partial charge in [-0.05, 0) is 26.9 Å². The summed E-state index contributed by atoms with van der Waals surface area (Å²) in [4.78, 5) is 8.00. The minimum atomic E-state index is 1.02. The van der Waals surface area contributed by atoms with E-state index in [9.17, 15) is 0 Å². The summed E-state index contributed by atoms with van der Waals surface area (Å²) in [6, 6.07) is 0. The van der Waals surface area contributed by atoms with Crippen LogP contribution in [0.2, 0.25) is 0 Å². The van der Waals surface area contributed by atoms with Gasteiger partial charge in [0.15, 0.2) is 0 Å². The average Bonchev–Trinajstić information content (AvgIpc) is 2.64. The Morgan fingerprint density at radius 1 is 1.44 bits per heavy atom. The number of nitrogens with zero attached hydrogens (tertiary/aromatic N) is 2. The van der Waals surface area contributed by atoms with Gasteiger partial charge in [-0.25, -0.2) is 4.98 Å². The first-order chi connectivity index (χ1) is 7.74. The molecule has 0 unspecified atom stereocenters. The first kappa shape index (κ1) is 13.6. The summed E-state index contributed by atoms with van der Waals surface area (Å²) in [7, 11) is 2.17. The summed E-state index contributed by atoms with van der Waals surface area (Å²) >= 11 is 1.75. The summed E-state index contributed by atoms with van der Waals surface area (Å²) in [5.74, 6) is 0. The van der Waals surface area contributed by atoms with E-state index in [0.717, 1.165) is 26.2 Å². The minimum Gasteiger partial charge on any atom is -0.315 e. The first-order valence-electron chi connectivity index (χ1n) is 6.02. The Morgan fingerprint density at radius 2 is 2.25 bits per heavy atom. The van der Waals surface area contributed by atoms with Gasteiger partial charge in [0, 0.05) is 24.5 Å². The lowest BCUT2D eigenvalue weighted by Gasteiger charge is -2.16. The average molecular weight is 241 g/mol. The summed E-state index contributed by atoms with van der Waals surface area (Å²) < 4.78 is 0. The lowest BCUT2D eigenvalue weighted by atomic mass is 10.3. The number of aryl methyl sites for hydroxylation is 1. The van der Waals surface area contributed by atoms with Gasteiger partial charge in [0.1, 0.15) is 0 Å². The molecule has 1 rings (SSSR count). The molecular formula is C12H23N3S. The Morgan fingerprint density at radius 3 is 2.88 bits per heavy atom. The van der Waals surface area contributed by atoms with Gasteiger partial charge in [-0.1, -0.05) is 13.3 Å². The SMILES string of the molecule is CCCCNCCN(C)Cc1scnc1C. The van der Waals surface area contributed by atoms with Crippen LogP contribution in [0.3, 0.4) is 0 Å². The zero-order valence-corrected chi connectivity index (χ0v) is 11.4. The molecule has 0 saturated carbocycles. The fourth-order valence-electron chi connectivity index (χ4n) is 1.50. The maximum Gasteiger partial charge on any atom is 0.0798 e. The quantitative estimate of drug-likeness (QED) is 0.708. The Labute approximate surface area is 103 Å². The Kier molecular flexibility index (Phi) is 6.61. The van der Waals surface area contributed by atoms with Gasteiger partial charge in [-0.2, -0.15) is 0 Å². The predicted octanol–water partition coefficient (Wildman–Crippen LogP) is 2.27. The van der Waals surface area contributed by atoms with Crippen LogP contribution in [0.15, 0.2) is 5.51 Å². The topological polar surface area (TPSA) is 28.2 Å². The molecule has 0 bridgehead atoms.